The molecule has 0 saturated heterocycles. The standard InChI is InChI=1S/C15H19BrN4OS.HI/c1-10-7-18-14(22-10)9-20-15(17-2)19-8-11-6-12(16)4-5-13(11)21-3;/h4-7H,8-9H2,1-3H3,(H2,17,19,20);1H. The van der Waals surface area contributed by atoms with Gasteiger partial charge in [-0.2, -0.15) is 0 Å². The van der Waals surface area contributed by atoms with E-state index in [-0.39, 0.29) is 24.0 Å². The van der Waals surface area contributed by atoms with Gasteiger partial charge in [-0.15, -0.1) is 35.3 Å². The molecule has 1 aromatic carbocycles. The molecule has 0 aliphatic carbocycles. The maximum Gasteiger partial charge on any atom is 0.191 e. The van der Waals surface area contributed by atoms with E-state index in [1.54, 1.807) is 25.5 Å². The summed E-state index contributed by atoms with van der Waals surface area (Å²) in [4.78, 5) is 9.76. The summed E-state index contributed by atoms with van der Waals surface area (Å²) in [7, 11) is 3.42. The first-order valence-corrected chi connectivity index (χ1v) is 8.41. The number of methoxy groups -OCH3 is 1. The molecular formula is C15H20BrIN4OS. The molecule has 2 aromatic rings. The van der Waals surface area contributed by atoms with Gasteiger partial charge in [0.2, 0.25) is 0 Å². The van der Waals surface area contributed by atoms with Crippen molar-refractivity contribution in [3.05, 3.63) is 44.3 Å². The Morgan fingerprint density at radius 2 is 2.09 bits per heavy atom. The third-order valence-electron chi connectivity index (χ3n) is 2.99. The number of halogens is 2. The Bertz CT molecular complexity index is 663. The number of guanidine groups is 1. The summed E-state index contributed by atoms with van der Waals surface area (Å²) in [5.74, 6) is 1.58. The first kappa shape index (κ1) is 20.2. The van der Waals surface area contributed by atoms with Crippen LogP contribution in [0.15, 0.2) is 33.9 Å². The van der Waals surface area contributed by atoms with Crippen LogP contribution >= 0.6 is 51.2 Å². The fourth-order valence-electron chi connectivity index (χ4n) is 1.93. The third-order valence-corrected chi connectivity index (χ3v) is 4.39. The molecule has 0 spiro atoms. The number of aliphatic imine (C=N–C) groups is 1. The molecule has 0 unspecified atom stereocenters. The highest BCUT2D eigenvalue weighted by molar-refractivity contribution is 14.0. The van der Waals surface area contributed by atoms with Crippen LogP contribution in [0.5, 0.6) is 5.75 Å². The molecule has 8 heteroatoms. The van der Waals surface area contributed by atoms with Crippen molar-refractivity contribution in [3.63, 3.8) is 0 Å². The highest BCUT2D eigenvalue weighted by Crippen LogP contribution is 2.22. The first-order chi connectivity index (χ1) is 10.6. The monoisotopic (exact) mass is 510 g/mol. The van der Waals surface area contributed by atoms with Gasteiger partial charge >= 0.3 is 0 Å². The molecule has 5 nitrogen and oxygen atoms in total. The lowest BCUT2D eigenvalue weighted by Gasteiger charge is -2.13. The summed E-state index contributed by atoms with van der Waals surface area (Å²) < 4.78 is 6.39. The number of aryl methyl sites for hydroxylation is 1. The lowest BCUT2D eigenvalue weighted by Crippen LogP contribution is -2.36. The minimum absolute atomic E-state index is 0. The number of nitrogens with one attached hydrogen (secondary N) is 2. The lowest BCUT2D eigenvalue weighted by atomic mass is 10.2. The zero-order chi connectivity index (χ0) is 15.9. The first-order valence-electron chi connectivity index (χ1n) is 6.80. The van der Waals surface area contributed by atoms with E-state index >= 15 is 0 Å². The lowest BCUT2D eigenvalue weighted by molar-refractivity contribution is 0.409. The van der Waals surface area contributed by atoms with E-state index in [9.17, 15) is 0 Å². The summed E-state index contributed by atoms with van der Waals surface area (Å²) in [6.07, 6.45) is 1.88. The SMILES string of the molecule is CN=C(NCc1ncc(C)s1)NCc1cc(Br)ccc1OC.I. The average Bonchev–Trinajstić information content (AvgIpc) is 2.93. The molecule has 2 rings (SSSR count). The number of aromatic nitrogens is 1. The minimum Gasteiger partial charge on any atom is -0.496 e. The van der Waals surface area contributed by atoms with Crippen LogP contribution in [-0.2, 0) is 13.1 Å². The van der Waals surface area contributed by atoms with Gasteiger partial charge in [0.05, 0.1) is 13.7 Å². The number of benzene rings is 1. The molecule has 2 N–H and O–H groups in total. The van der Waals surface area contributed by atoms with E-state index in [2.05, 4.69) is 36.5 Å². The fraction of sp³-hybridized carbons (Fsp3) is 0.333. The van der Waals surface area contributed by atoms with Crippen molar-refractivity contribution in [2.45, 2.75) is 20.0 Å². The van der Waals surface area contributed by atoms with E-state index in [4.69, 9.17) is 4.74 Å². The van der Waals surface area contributed by atoms with Gasteiger partial charge < -0.3 is 15.4 Å². The number of thiazole rings is 1. The second kappa shape index (κ2) is 10.1. The summed E-state index contributed by atoms with van der Waals surface area (Å²) in [6.45, 7) is 3.33. The van der Waals surface area contributed by atoms with Crippen molar-refractivity contribution >= 4 is 57.2 Å². The van der Waals surface area contributed by atoms with Crippen LogP contribution in [0.25, 0.3) is 0 Å². The molecule has 0 radical (unpaired) electrons. The maximum atomic E-state index is 5.37. The largest absolute Gasteiger partial charge is 0.496 e. The summed E-state index contributed by atoms with van der Waals surface area (Å²) in [5, 5.41) is 7.58. The zero-order valence-corrected chi connectivity index (χ0v) is 18.0. The van der Waals surface area contributed by atoms with Crippen molar-refractivity contribution in [1.82, 2.24) is 15.6 Å². The van der Waals surface area contributed by atoms with Gasteiger partial charge in [-0.25, -0.2) is 4.98 Å². The number of nitrogens with zero attached hydrogens (tertiary/aromatic N) is 2. The fourth-order valence-corrected chi connectivity index (χ4v) is 3.06. The predicted octanol–water partition coefficient (Wildman–Crippen LogP) is 3.71. The van der Waals surface area contributed by atoms with Crippen LogP contribution in [0.3, 0.4) is 0 Å². The molecule has 1 aromatic heterocycles. The van der Waals surface area contributed by atoms with Gasteiger partial charge in [-0.1, -0.05) is 15.9 Å². The highest BCUT2D eigenvalue weighted by atomic mass is 127. The molecular weight excluding hydrogens is 491 g/mol. The molecule has 0 saturated carbocycles. The Morgan fingerprint density at radius 3 is 2.70 bits per heavy atom. The van der Waals surface area contributed by atoms with Crippen molar-refractivity contribution in [2.24, 2.45) is 4.99 Å². The predicted molar refractivity (Wildman–Crippen MR) is 110 cm³/mol. The number of rotatable bonds is 5. The summed E-state index contributed by atoms with van der Waals surface area (Å²) >= 11 is 5.16. The van der Waals surface area contributed by atoms with E-state index in [0.717, 1.165) is 26.8 Å². The molecule has 0 amide bonds. The van der Waals surface area contributed by atoms with Gasteiger partial charge in [0.1, 0.15) is 10.8 Å². The summed E-state index contributed by atoms with van der Waals surface area (Å²) in [5.41, 5.74) is 1.06. The van der Waals surface area contributed by atoms with Gasteiger partial charge in [-0.05, 0) is 25.1 Å². The Balaban J connectivity index is 0.00000264. The smallest absolute Gasteiger partial charge is 0.191 e. The van der Waals surface area contributed by atoms with Crippen molar-refractivity contribution in [3.8, 4) is 5.75 Å². The Morgan fingerprint density at radius 1 is 1.35 bits per heavy atom. The molecule has 0 atom stereocenters. The van der Waals surface area contributed by atoms with Crippen LogP contribution < -0.4 is 15.4 Å². The second-order valence-electron chi connectivity index (χ2n) is 4.60. The Kier molecular flexibility index (Phi) is 8.85. The normalized spacial score (nSPS) is 10.9. The van der Waals surface area contributed by atoms with E-state index < -0.39 is 0 Å². The Labute approximate surface area is 166 Å². The Hall–Kier alpha value is -0.870. The molecule has 126 valence electrons. The maximum absolute atomic E-state index is 5.37. The molecule has 1 heterocycles. The van der Waals surface area contributed by atoms with Crippen molar-refractivity contribution in [2.75, 3.05) is 14.2 Å². The number of hydrogen-bond donors (Lipinski definition) is 2. The number of hydrogen-bond acceptors (Lipinski definition) is 4. The van der Waals surface area contributed by atoms with Crippen LogP contribution in [0.1, 0.15) is 15.4 Å². The second-order valence-corrected chi connectivity index (χ2v) is 6.84. The van der Waals surface area contributed by atoms with Crippen molar-refractivity contribution < 1.29 is 4.74 Å². The molecule has 23 heavy (non-hydrogen) atoms. The van der Waals surface area contributed by atoms with Crippen LogP contribution in [-0.4, -0.2) is 25.1 Å². The van der Waals surface area contributed by atoms with Crippen LogP contribution in [0.2, 0.25) is 0 Å². The average molecular weight is 511 g/mol. The topological polar surface area (TPSA) is 58.5 Å². The van der Waals surface area contributed by atoms with Gasteiger partial charge in [0.25, 0.3) is 0 Å². The molecule has 0 fully saturated rings. The minimum atomic E-state index is 0. The van der Waals surface area contributed by atoms with Gasteiger partial charge in [0, 0.05) is 34.7 Å². The highest BCUT2D eigenvalue weighted by Gasteiger charge is 2.06. The third kappa shape index (κ3) is 6.27. The zero-order valence-electron chi connectivity index (χ0n) is 13.2. The molecule has 0 bridgehead atoms. The van der Waals surface area contributed by atoms with Crippen LogP contribution in [0, 0.1) is 6.92 Å². The van der Waals surface area contributed by atoms with Gasteiger partial charge in [-0.3, -0.25) is 4.99 Å². The molecule has 0 aliphatic rings. The van der Waals surface area contributed by atoms with Gasteiger partial charge in [0.15, 0.2) is 5.96 Å². The van der Waals surface area contributed by atoms with Crippen molar-refractivity contribution in [1.29, 1.82) is 0 Å². The quantitative estimate of drug-likeness (QED) is 0.366. The molecule has 0 aliphatic heterocycles. The van der Waals surface area contributed by atoms with E-state index in [1.165, 1.54) is 4.88 Å². The van der Waals surface area contributed by atoms with E-state index in [1.807, 2.05) is 31.3 Å². The van der Waals surface area contributed by atoms with E-state index in [0.29, 0.717) is 13.1 Å². The van der Waals surface area contributed by atoms with Crippen LogP contribution in [0.4, 0.5) is 0 Å². The number of ether oxygens (including phenoxy) is 1. The summed E-state index contributed by atoms with van der Waals surface area (Å²) in [6, 6.07) is 5.93.